The molecule has 33 heavy (non-hydrogen) atoms. The summed E-state index contributed by atoms with van der Waals surface area (Å²) in [6.45, 7) is 13.2. The van der Waals surface area contributed by atoms with E-state index < -0.39 is 13.2 Å². The Labute approximate surface area is 204 Å². The molecule has 2 heterocycles. The zero-order chi connectivity index (χ0) is 23.3. The SMILES string of the molecule is CC(C)C[C@H](NC(=O)C(N)CC(=O)N1CCOCC1)B1O[C@@H]2C[C@@H]3C[C@@H](C3(C)C)[C@]2(C)O1.Cl. The number of hydrogen-bond acceptors (Lipinski definition) is 6. The summed E-state index contributed by atoms with van der Waals surface area (Å²) in [6, 6.07) is -0.897. The molecule has 3 N–H and O–H groups in total. The van der Waals surface area contributed by atoms with Crippen LogP contribution in [0.4, 0.5) is 0 Å². The average molecular weight is 486 g/mol. The molecule has 6 atom stereocenters. The largest absolute Gasteiger partial charge is 0.481 e. The average Bonchev–Trinajstić information content (AvgIpc) is 3.10. The third-order valence-electron chi connectivity index (χ3n) is 8.45. The van der Waals surface area contributed by atoms with E-state index in [1.54, 1.807) is 4.90 Å². The van der Waals surface area contributed by atoms with Gasteiger partial charge >= 0.3 is 7.12 Å². The molecule has 0 spiro atoms. The van der Waals surface area contributed by atoms with E-state index in [9.17, 15) is 9.59 Å². The molecule has 10 heteroatoms. The van der Waals surface area contributed by atoms with Crippen molar-refractivity contribution in [2.24, 2.45) is 28.9 Å². The molecule has 2 bridgehead atoms. The summed E-state index contributed by atoms with van der Waals surface area (Å²) in [5, 5.41) is 3.07. The van der Waals surface area contributed by atoms with Crippen LogP contribution in [-0.2, 0) is 23.6 Å². The monoisotopic (exact) mass is 485 g/mol. The van der Waals surface area contributed by atoms with Crippen molar-refractivity contribution in [1.82, 2.24) is 10.2 Å². The van der Waals surface area contributed by atoms with Gasteiger partial charge in [-0.05, 0) is 49.4 Å². The summed E-state index contributed by atoms with van der Waals surface area (Å²) >= 11 is 0. The van der Waals surface area contributed by atoms with E-state index in [4.69, 9.17) is 19.8 Å². The zero-order valence-electron chi connectivity index (χ0n) is 20.7. The molecule has 0 aromatic heterocycles. The Hall–Kier alpha value is -0.865. The summed E-state index contributed by atoms with van der Waals surface area (Å²) < 4.78 is 18.3. The molecule has 1 unspecified atom stereocenters. The fraction of sp³-hybridized carbons (Fsp3) is 0.913. The first-order valence-corrected chi connectivity index (χ1v) is 12.3. The second-order valence-corrected chi connectivity index (χ2v) is 11.4. The summed E-state index contributed by atoms with van der Waals surface area (Å²) in [6.07, 6.45) is 2.97. The van der Waals surface area contributed by atoms with Crippen LogP contribution >= 0.6 is 12.4 Å². The zero-order valence-corrected chi connectivity index (χ0v) is 21.5. The van der Waals surface area contributed by atoms with Gasteiger partial charge in [0, 0.05) is 13.1 Å². The van der Waals surface area contributed by atoms with Gasteiger partial charge in [0.15, 0.2) is 0 Å². The van der Waals surface area contributed by atoms with Crippen LogP contribution in [0, 0.1) is 23.2 Å². The minimum Gasteiger partial charge on any atom is -0.404 e. The molecule has 2 saturated heterocycles. The normalized spacial score (nSPS) is 34.1. The van der Waals surface area contributed by atoms with E-state index in [2.05, 4.69) is 39.9 Å². The minimum atomic E-state index is -0.897. The highest BCUT2D eigenvalue weighted by Crippen LogP contribution is 2.65. The topological polar surface area (TPSA) is 103 Å². The predicted molar refractivity (Wildman–Crippen MR) is 129 cm³/mol. The quantitative estimate of drug-likeness (QED) is 0.533. The van der Waals surface area contributed by atoms with Gasteiger partial charge in [0.2, 0.25) is 11.8 Å². The number of hydrogen-bond donors (Lipinski definition) is 2. The molecule has 2 aliphatic heterocycles. The van der Waals surface area contributed by atoms with Crippen LogP contribution < -0.4 is 11.1 Å². The van der Waals surface area contributed by atoms with Crippen molar-refractivity contribution in [3.05, 3.63) is 0 Å². The maximum Gasteiger partial charge on any atom is 0.481 e. The van der Waals surface area contributed by atoms with Gasteiger partial charge in [-0.15, -0.1) is 12.4 Å². The maximum atomic E-state index is 12.9. The van der Waals surface area contributed by atoms with Crippen LogP contribution in [0.15, 0.2) is 0 Å². The molecule has 8 nitrogen and oxygen atoms in total. The summed E-state index contributed by atoms with van der Waals surface area (Å²) in [4.78, 5) is 27.2. The van der Waals surface area contributed by atoms with E-state index in [0.29, 0.717) is 44.1 Å². The van der Waals surface area contributed by atoms with Crippen molar-refractivity contribution in [1.29, 1.82) is 0 Å². The highest BCUT2D eigenvalue weighted by atomic mass is 35.5. The first-order valence-electron chi connectivity index (χ1n) is 12.3. The third-order valence-corrected chi connectivity index (χ3v) is 8.45. The van der Waals surface area contributed by atoms with E-state index in [1.807, 2.05) is 0 Å². The van der Waals surface area contributed by atoms with Crippen LogP contribution in [0.1, 0.15) is 60.3 Å². The van der Waals surface area contributed by atoms with E-state index in [-0.39, 0.29) is 53.7 Å². The lowest BCUT2D eigenvalue weighted by Crippen LogP contribution is -2.65. The van der Waals surface area contributed by atoms with Gasteiger partial charge in [-0.1, -0.05) is 27.7 Å². The van der Waals surface area contributed by atoms with E-state index in [1.165, 1.54) is 6.42 Å². The van der Waals surface area contributed by atoms with Crippen LogP contribution in [0.2, 0.25) is 0 Å². The molecule has 5 aliphatic rings. The standard InChI is InChI=1S/C23H40BN3O5.ClH/c1-14(2)10-19(26-21(29)16(25)13-20(28)27-6-8-30-9-7-27)24-31-18-12-15-11-17(22(15,3)4)23(18,5)32-24;/h14-19H,6-13,25H2,1-5H3,(H,26,29);1H/t15-,16?,17-,18+,19-,23-;/m0./s1. The van der Waals surface area contributed by atoms with Gasteiger partial charge in [-0.3, -0.25) is 9.59 Å². The lowest BCUT2D eigenvalue weighted by atomic mass is 9.43. The van der Waals surface area contributed by atoms with Gasteiger partial charge in [-0.2, -0.15) is 0 Å². The first-order chi connectivity index (χ1) is 15.0. The van der Waals surface area contributed by atoms with Crippen molar-refractivity contribution in [2.45, 2.75) is 84.0 Å². The Balaban J connectivity index is 0.00000306. The second-order valence-electron chi connectivity index (χ2n) is 11.4. The fourth-order valence-electron chi connectivity index (χ4n) is 6.33. The van der Waals surface area contributed by atoms with Crippen molar-refractivity contribution < 1.29 is 23.6 Å². The number of halogens is 1. The number of amides is 2. The number of carbonyl (C=O) groups is 2. The number of nitrogens with two attached hydrogens (primary N) is 1. The number of nitrogens with one attached hydrogen (secondary N) is 1. The predicted octanol–water partition coefficient (Wildman–Crippen LogP) is 1.78. The number of nitrogens with zero attached hydrogens (tertiary/aromatic N) is 1. The summed E-state index contributed by atoms with van der Waals surface area (Å²) in [7, 11) is -0.492. The van der Waals surface area contributed by atoms with Gasteiger partial charge in [0.1, 0.15) is 0 Å². The molecule has 0 aromatic carbocycles. The smallest absolute Gasteiger partial charge is 0.404 e. The van der Waals surface area contributed by atoms with Crippen LogP contribution in [-0.4, -0.2) is 73.8 Å². The molecule has 3 aliphatic carbocycles. The van der Waals surface area contributed by atoms with Gasteiger partial charge in [-0.25, -0.2) is 0 Å². The number of ether oxygens (including phenoxy) is 1. The molecular weight excluding hydrogens is 445 g/mol. The molecule has 2 amide bonds. The van der Waals surface area contributed by atoms with Crippen molar-refractivity contribution in [3.63, 3.8) is 0 Å². The van der Waals surface area contributed by atoms with E-state index >= 15 is 0 Å². The molecule has 3 saturated carbocycles. The molecule has 188 valence electrons. The maximum absolute atomic E-state index is 12.9. The Morgan fingerprint density at radius 3 is 2.45 bits per heavy atom. The van der Waals surface area contributed by atoms with Crippen LogP contribution in [0.3, 0.4) is 0 Å². The van der Waals surface area contributed by atoms with Crippen molar-refractivity contribution >= 4 is 31.3 Å². The minimum absolute atomic E-state index is 0. The number of rotatable bonds is 7. The van der Waals surface area contributed by atoms with Crippen LogP contribution in [0.5, 0.6) is 0 Å². The molecule has 5 fully saturated rings. The third kappa shape index (κ3) is 5.08. The highest BCUT2D eigenvalue weighted by Gasteiger charge is 2.68. The first kappa shape index (κ1) is 26.7. The molecular formula is C23H41BClN3O5. The summed E-state index contributed by atoms with van der Waals surface area (Å²) in [5.41, 5.74) is 6.08. The summed E-state index contributed by atoms with van der Waals surface area (Å²) in [5.74, 6) is 0.756. The van der Waals surface area contributed by atoms with E-state index in [0.717, 1.165) is 12.8 Å². The van der Waals surface area contributed by atoms with Gasteiger partial charge < -0.3 is 30.0 Å². The number of carbonyl (C=O) groups excluding carboxylic acids is 2. The lowest BCUT2D eigenvalue weighted by molar-refractivity contribution is -0.199. The molecule has 0 aromatic rings. The lowest BCUT2D eigenvalue weighted by Gasteiger charge is -2.64. The molecule has 5 rings (SSSR count). The van der Waals surface area contributed by atoms with Crippen LogP contribution in [0.25, 0.3) is 0 Å². The Kier molecular flexibility index (Phi) is 8.11. The van der Waals surface area contributed by atoms with Gasteiger partial charge in [0.05, 0.1) is 43.3 Å². The van der Waals surface area contributed by atoms with Crippen molar-refractivity contribution in [3.8, 4) is 0 Å². The van der Waals surface area contributed by atoms with Gasteiger partial charge in [0.25, 0.3) is 0 Å². The Morgan fingerprint density at radius 1 is 1.18 bits per heavy atom. The Bertz CT molecular complexity index is 735. The Morgan fingerprint density at radius 2 is 1.85 bits per heavy atom. The molecule has 0 radical (unpaired) electrons. The fourth-order valence-corrected chi connectivity index (χ4v) is 6.33. The van der Waals surface area contributed by atoms with Crippen molar-refractivity contribution in [2.75, 3.05) is 26.3 Å². The number of morpholine rings is 1. The highest BCUT2D eigenvalue weighted by molar-refractivity contribution is 6.47. The second kappa shape index (κ2) is 10.0.